The molecule has 204 valence electrons. The summed E-state index contributed by atoms with van der Waals surface area (Å²) in [6.07, 6.45) is 2.46. The Labute approximate surface area is 236 Å². The van der Waals surface area contributed by atoms with E-state index in [4.69, 9.17) is 16.3 Å². The standard InChI is InChI=1S/C31H28ClN3O5/c32-26-18-21(10-12-27(26)36)30(38)34-33-19-22-11-13-28(25-9-5-4-8-24(22)25)40-20-29(37)35-16-14-31(39,15-17-35)23-6-2-1-3-7-23/h1-13,18-19,36,39H,14-17,20H2,(H,34,38). The van der Waals surface area contributed by atoms with E-state index in [1.54, 1.807) is 17.0 Å². The van der Waals surface area contributed by atoms with Crippen LogP contribution in [0.1, 0.15) is 34.3 Å². The molecule has 2 amide bonds. The summed E-state index contributed by atoms with van der Waals surface area (Å²) in [7, 11) is 0. The minimum atomic E-state index is -0.928. The number of aromatic hydroxyl groups is 1. The molecule has 0 unspecified atom stereocenters. The molecule has 40 heavy (non-hydrogen) atoms. The average Bonchev–Trinajstić information content (AvgIpc) is 2.98. The molecular weight excluding hydrogens is 530 g/mol. The Morgan fingerprint density at radius 3 is 2.40 bits per heavy atom. The number of carbonyl (C=O) groups excluding carboxylic acids is 2. The molecule has 0 aromatic heterocycles. The van der Waals surface area contributed by atoms with Gasteiger partial charge in [-0.1, -0.05) is 66.2 Å². The van der Waals surface area contributed by atoms with Crippen molar-refractivity contribution in [1.29, 1.82) is 0 Å². The molecule has 8 nitrogen and oxygen atoms in total. The van der Waals surface area contributed by atoms with Gasteiger partial charge >= 0.3 is 0 Å². The Morgan fingerprint density at radius 2 is 1.68 bits per heavy atom. The number of nitrogens with one attached hydrogen (secondary N) is 1. The van der Waals surface area contributed by atoms with Gasteiger partial charge in [0.05, 0.1) is 16.8 Å². The lowest BCUT2D eigenvalue weighted by Gasteiger charge is -2.38. The van der Waals surface area contributed by atoms with Gasteiger partial charge in [0.2, 0.25) is 0 Å². The molecule has 0 bridgehead atoms. The normalized spacial score (nSPS) is 14.8. The largest absolute Gasteiger partial charge is 0.506 e. The number of hydrogen-bond acceptors (Lipinski definition) is 6. The van der Waals surface area contributed by atoms with Gasteiger partial charge in [-0.05, 0) is 54.1 Å². The van der Waals surface area contributed by atoms with Gasteiger partial charge in [0.1, 0.15) is 11.5 Å². The number of ether oxygens (including phenoxy) is 1. The van der Waals surface area contributed by atoms with E-state index >= 15 is 0 Å². The fourth-order valence-electron chi connectivity index (χ4n) is 4.80. The molecule has 4 aromatic carbocycles. The average molecular weight is 558 g/mol. The monoisotopic (exact) mass is 557 g/mol. The van der Waals surface area contributed by atoms with Crippen LogP contribution in [-0.2, 0) is 10.4 Å². The summed E-state index contributed by atoms with van der Waals surface area (Å²) in [6.45, 7) is 0.782. The summed E-state index contributed by atoms with van der Waals surface area (Å²) in [5.41, 5.74) is 3.41. The number of hydrogen-bond donors (Lipinski definition) is 3. The van der Waals surface area contributed by atoms with E-state index in [2.05, 4.69) is 10.5 Å². The summed E-state index contributed by atoms with van der Waals surface area (Å²) in [5, 5.41) is 26.4. The quantitative estimate of drug-likeness (QED) is 0.222. The predicted molar refractivity (Wildman–Crippen MR) is 154 cm³/mol. The molecule has 1 fully saturated rings. The second-order valence-corrected chi connectivity index (χ2v) is 10.0. The molecule has 3 N–H and O–H groups in total. The van der Waals surface area contributed by atoms with Crippen LogP contribution in [-0.4, -0.2) is 52.8 Å². The highest BCUT2D eigenvalue weighted by atomic mass is 35.5. The minimum absolute atomic E-state index is 0.0747. The van der Waals surface area contributed by atoms with Crippen molar-refractivity contribution < 1.29 is 24.5 Å². The Hall–Kier alpha value is -4.40. The number of hydrazone groups is 1. The SMILES string of the molecule is O=C(NN=Cc1ccc(OCC(=O)N2CCC(O)(c3ccccc3)CC2)c2ccccc12)c1ccc(O)c(Cl)c1. The van der Waals surface area contributed by atoms with Crippen molar-refractivity contribution in [3.63, 3.8) is 0 Å². The van der Waals surface area contributed by atoms with E-state index in [-0.39, 0.29) is 28.8 Å². The van der Waals surface area contributed by atoms with Crippen LogP contribution in [0.2, 0.25) is 5.02 Å². The fraction of sp³-hybridized carbons (Fsp3) is 0.194. The first-order valence-electron chi connectivity index (χ1n) is 12.9. The number of fused-ring (bicyclic) bond motifs is 1. The van der Waals surface area contributed by atoms with Crippen LogP contribution in [0.4, 0.5) is 0 Å². The van der Waals surface area contributed by atoms with Crippen molar-refractivity contribution in [3.8, 4) is 11.5 Å². The third-order valence-electron chi connectivity index (χ3n) is 7.10. The zero-order valence-electron chi connectivity index (χ0n) is 21.6. The predicted octanol–water partition coefficient (Wildman–Crippen LogP) is 4.85. The molecule has 4 aromatic rings. The van der Waals surface area contributed by atoms with Crippen molar-refractivity contribution in [2.45, 2.75) is 18.4 Å². The number of rotatable bonds is 7. The van der Waals surface area contributed by atoms with E-state index in [1.165, 1.54) is 24.4 Å². The van der Waals surface area contributed by atoms with Crippen molar-refractivity contribution in [2.24, 2.45) is 5.10 Å². The molecule has 9 heteroatoms. The van der Waals surface area contributed by atoms with Crippen LogP contribution in [0.15, 0.2) is 90.0 Å². The second-order valence-electron chi connectivity index (χ2n) is 9.63. The second kappa shape index (κ2) is 11.8. The van der Waals surface area contributed by atoms with E-state index in [0.717, 1.165) is 21.9 Å². The molecular formula is C31H28ClN3O5. The van der Waals surface area contributed by atoms with E-state index in [0.29, 0.717) is 31.7 Å². The number of likely N-dealkylation sites (tertiary alicyclic amines) is 1. The summed E-state index contributed by atoms with van der Waals surface area (Å²) in [4.78, 5) is 27.0. The van der Waals surface area contributed by atoms with Crippen LogP contribution < -0.4 is 10.2 Å². The molecule has 5 rings (SSSR count). The maximum absolute atomic E-state index is 12.9. The first-order chi connectivity index (χ1) is 19.3. The number of nitrogens with zero attached hydrogens (tertiary/aromatic N) is 2. The molecule has 0 saturated carbocycles. The number of amides is 2. The first kappa shape index (κ1) is 27.2. The molecule has 1 saturated heterocycles. The summed E-state index contributed by atoms with van der Waals surface area (Å²) in [5.74, 6) is -0.159. The summed E-state index contributed by atoms with van der Waals surface area (Å²) in [6, 6.07) is 24.8. The van der Waals surface area contributed by atoms with Gasteiger partial charge in [-0.3, -0.25) is 9.59 Å². The smallest absolute Gasteiger partial charge is 0.271 e. The van der Waals surface area contributed by atoms with Crippen molar-refractivity contribution in [2.75, 3.05) is 19.7 Å². The van der Waals surface area contributed by atoms with E-state index in [1.807, 2.05) is 54.6 Å². The van der Waals surface area contributed by atoms with Gasteiger partial charge in [0, 0.05) is 29.6 Å². The highest BCUT2D eigenvalue weighted by molar-refractivity contribution is 6.32. The highest BCUT2D eigenvalue weighted by Crippen LogP contribution is 2.33. The van der Waals surface area contributed by atoms with E-state index in [9.17, 15) is 19.8 Å². The number of phenols is 1. The van der Waals surface area contributed by atoms with Gasteiger partial charge in [-0.15, -0.1) is 0 Å². The number of piperidine rings is 1. The number of benzene rings is 4. The van der Waals surface area contributed by atoms with Gasteiger partial charge in [-0.25, -0.2) is 5.43 Å². The molecule has 0 spiro atoms. The Kier molecular flexibility index (Phi) is 8.00. The van der Waals surface area contributed by atoms with Crippen molar-refractivity contribution >= 4 is 40.4 Å². The Balaban J connectivity index is 1.21. The number of phenolic OH excluding ortho intramolecular Hbond substituents is 1. The zero-order valence-corrected chi connectivity index (χ0v) is 22.3. The van der Waals surface area contributed by atoms with Crippen molar-refractivity contribution in [1.82, 2.24) is 10.3 Å². The lowest BCUT2D eigenvalue weighted by atomic mass is 9.84. The Morgan fingerprint density at radius 1 is 0.975 bits per heavy atom. The highest BCUT2D eigenvalue weighted by Gasteiger charge is 2.35. The third kappa shape index (κ3) is 5.93. The summed E-state index contributed by atoms with van der Waals surface area (Å²) >= 11 is 5.88. The lowest BCUT2D eigenvalue weighted by Crippen LogP contribution is -2.46. The number of aliphatic hydroxyl groups is 1. The maximum atomic E-state index is 12.9. The third-order valence-corrected chi connectivity index (χ3v) is 7.41. The van der Waals surface area contributed by atoms with Crippen molar-refractivity contribution in [3.05, 3.63) is 107 Å². The van der Waals surface area contributed by atoms with Gasteiger partial charge in [-0.2, -0.15) is 5.10 Å². The van der Waals surface area contributed by atoms with Crippen LogP contribution in [0.25, 0.3) is 10.8 Å². The molecule has 1 aliphatic rings. The van der Waals surface area contributed by atoms with E-state index < -0.39 is 11.5 Å². The molecule has 0 radical (unpaired) electrons. The minimum Gasteiger partial charge on any atom is -0.506 e. The van der Waals surface area contributed by atoms with Crippen LogP contribution >= 0.6 is 11.6 Å². The van der Waals surface area contributed by atoms with Gasteiger partial charge < -0.3 is 19.8 Å². The first-order valence-corrected chi connectivity index (χ1v) is 13.2. The maximum Gasteiger partial charge on any atom is 0.271 e. The fourth-order valence-corrected chi connectivity index (χ4v) is 4.98. The van der Waals surface area contributed by atoms with Gasteiger partial charge in [0.25, 0.3) is 11.8 Å². The molecule has 1 aliphatic heterocycles. The van der Waals surface area contributed by atoms with Crippen LogP contribution in [0, 0.1) is 0 Å². The number of halogens is 1. The number of carbonyl (C=O) groups is 2. The lowest BCUT2D eigenvalue weighted by molar-refractivity contribution is -0.137. The van der Waals surface area contributed by atoms with Crippen LogP contribution in [0.3, 0.4) is 0 Å². The molecule has 1 heterocycles. The molecule has 0 aliphatic carbocycles. The van der Waals surface area contributed by atoms with Crippen LogP contribution in [0.5, 0.6) is 11.5 Å². The topological polar surface area (TPSA) is 111 Å². The zero-order chi connectivity index (χ0) is 28.1. The van der Waals surface area contributed by atoms with Gasteiger partial charge in [0.15, 0.2) is 6.61 Å². The molecule has 0 atom stereocenters. The Bertz CT molecular complexity index is 1570. The summed E-state index contributed by atoms with van der Waals surface area (Å²) < 4.78 is 5.95.